The average Bonchev–Trinajstić information content (AvgIpc) is 2.58. The minimum Gasteiger partial charge on any atom is -0.493 e. The first-order chi connectivity index (χ1) is 11.2. The molecule has 120 valence electrons. The summed E-state index contributed by atoms with van der Waals surface area (Å²) in [5, 5.41) is 0. The summed E-state index contributed by atoms with van der Waals surface area (Å²) in [5.41, 5.74) is 1.19. The van der Waals surface area contributed by atoms with Gasteiger partial charge in [0.15, 0.2) is 11.5 Å². The maximum Gasteiger partial charge on any atom is 0.169 e. The number of likely N-dealkylation sites (tertiary alicyclic amines) is 1. The number of hydrogen-bond donors (Lipinski definition) is 0. The summed E-state index contributed by atoms with van der Waals surface area (Å²) in [6.07, 6.45) is 1.33. The van der Waals surface area contributed by atoms with Crippen LogP contribution in [0, 0.1) is 0 Å². The third-order valence-corrected chi connectivity index (χ3v) is 4.02. The number of nitrogens with zero attached hydrogens (tertiary/aromatic N) is 1. The Morgan fingerprint density at radius 2 is 1.74 bits per heavy atom. The third kappa shape index (κ3) is 4.11. The first-order valence-electron chi connectivity index (χ1n) is 7.88. The molecular weight excluding hydrogens is 290 g/mol. The summed E-state index contributed by atoms with van der Waals surface area (Å²) in [6.45, 7) is 2.53. The van der Waals surface area contributed by atoms with Gasteiger partial charge in [0.25, 0.3) is 0 Å². The molecule has 0 aromatic heterocycles. The maximum atomic E-state index is 11.3. The van der Waals surface area contributed by atoms with Crippen LogP contribution in [0.25, 0.3) is 0 Å². The largest absolute Gasteiger partial charge is 0.493 e. The third-order valence-electron chi connectivity index (χ3n) is 4.02. The van der Waals surface area contributed by atoms with Crippen LogP contribution in [0.1, 0.15) is 18.4 Å². The van der Waals surface area contributed by atoms with Crippen LogP contribution in [0.15, 0.2) is 48.5 Å². The molecule has 2 aromatic carbocycles. The van der Waals surface area contributed by atoms with Gasteiger partial charge in [0, 0.05) is 32.5 Å². The predicted octanol–water partition coefficient (Wildman–Crippen LogP) is 3.65. The summed E-state index contributed by atoms with van der Waals surface area (Å²) in [5.74, 6) is 2.58. The highest BCUT2D eigenvalue weighted by Crippen LogP contribution is 2.31. The van der Waals surface area contributed by atoms with E-state index in [1.165, 1.54) is 5.56 Å². The Balaban J connectivity index is 1.68. The highest BCUT2D eigenvalue weighted by atomic mass is 16.5. The summed E-state index contributed by atoms with van der Waals surface area (Å²) in [4.78, 5) is 13.6. The van der Waals surface area contributed by atoms with Gasteiger partial charge in [-0.1, -0.05) is 24.3 Å². The van der Waals surface area contributed by atoms with Gasteiger partial charge in [0.2, 0.25) is 0 Å². The van der Waals surface area contributed by atoms with Gasteiger partial charge in [-0.25, -0.2) is 0 Å². The molecule has 0 unspecified atom stereocenters. The van der Waals surface area contributed by atoms with E-state index in [4.69, 9.17) is 9.47 Å². The normalized spacial score (nSPS) is 15.4. The summed E-state index contributed by atoms with van der Waals surface area (Å²) in [7, 11) is 1.64. The van der Waals surface area contributed by atoms with Crippen molar-refractivity contribution in [3.8, 4) is 17.2 Å². The van der Waals surface area contributed by atoms with Crippen molar-refractivity contribution in [1.82, 2.24) is 4.90 Å². The van der Waals surface area contributed by atoms with Gasteiger partial charge in [-0.05, 0) is 29.8 Å². The fourth-order valence-electron chi connectivity index (χ4n) is 2.76. The molecule has 0 spiro atoms. The lowest BCUT2D eigenvalue weighted by Gasteiger charge is -2.25. The highest BCUT2D eigenvalue weighted by Gasteiger charge is 2.16. The molecule has 0 radical (unpaired) electrons. The van der Waals surface area contributed by atoms with E-state index in [1.54, 1.807) is 7.11 Å². The topological polar surface area (TPSA) is 38.8 Å². The standard InChI is InChI=1S/C19H21NO3/c1-22-18-7-2-3-8-19(18)23-17-6-4-5-15(13-17)14-20-11-9-16(21)10-12-20/h2-8,13H,9-12,14H2,1H3. The van der Waals surface area contributed by atoms with Gasteiger partial charge >= 0.3 is 0 Å². The molecule has 0 atom stereocenters. The van der Waals surface area contributed by atoms with Crippen molar-refractivity contribution in [1.29, 1.82) is 0 Å². The van der Waals surface area contributed by atoms with Crippen LogP contribution in [-0.4, -0.2) is 30.9 Å². The minimum atomic E-state index is 0.370. The van der Waals surface area contributed by atoms with Crippen molar-refractivity contribution in [2.75, 3.05) is 20.2 Å². The number of carbonyl (C=O) groups excluding carboxylic acids is 1. The molecule has 1 fully saturated rings. The second-order valence-corrected chi connectivity index (χ2v) is 5.72. The molecule has 2 aromatic rings. The molecule has 0 N–H and O–H groups in total. The van der Waals surface area contributed by atoms with Crippen molar-refractivity contribution in [3.05, 3.63) is 54.1 Å². The fraction of sp³-hybridized carbons (Fsp3) is 0.316. The predicted molar refractivity (Wildman–Crippen MR) is 89.0 cm³/mol. The molecule has 0 amide bonds. The summed E-state index contributed by atoms with van der Waals surface area (Å²) < 4.78 is 11.3. The van der Waals surface area contributed by atoms with Crippen molar-refractivity contribution in [2.45, 2.75) is 19.4 Å². The summed E-state index contributed by atoms with van der Waals surface area (Å²) >= 11 is 0. The second kappa shape index (κ2) is 7.29. The molecule has 0 aliphatic carbocycles. The van der Waals surface area contributed by atoms with E-state index >= 15 is 0 Å². The van der Waals surface area contributed by atoms with Crippen molar-refractivity contribution >= 4 is 5.78 Å². The minimum absolute atomic E-state index is 0.370. The molecule has 1 aliphatic rings. The van der Waals surface area contributed by atoms with Crippen LogP contribution >= 0.6 is 0 Å². The van der Waals surface area contributed by atoms with Gasteiger partial charge in [-0.3, -0.25) is 9.69 Å². The van der Waals surface area contributed by atoms with E-state index < -0.39 is 0 Å². The van der Waals surface area contributed by atoms with Crippen LogP contribution < -0.4 is 9.47 Å². The van der Waals surface area contributed by atoms with E-state index in [-0.39, 0.29) is 0 Å². The Kier molecular flexibility index (Phi) is 4.93. The van der Waals surface area contributed by atoms with E-state index in [0.717, 1.165) is 25.4 Å². The lowest BCUT2D eigenvalue weighted by atomic mass is 10.1. The Bertz CT molecular complexity index is 674. The molecule has 3 rings (SSSR count). The lowest BCUT2D eigenvalue weighted by Crippen LogP contribution is -2.33. The van der Waals surface area contributed by atoms with Crippen molar-refractivity contribution in [3.63, 3.8) is 0 Å². The number of ether oxygens (including phenoxy) is 2. The number of piperidine rings is 1. The molecule has 1 saturated heterocycles. The number of para-hydroxylation sites is 2. The lowest BCUT2D eigenvalue weighted by molar-refractivity contribution is -0.121. The second-order valence-electron chi connectivity index (χ2n) is 5.72. The van der Waals surface area contributed by atoms with Gasteiger partial charge in [-0.15, -0.1) is 0 Å². The van der Waals surface area contributed by atoms with Crippen LogP contribution in [-0.2, 0) is 11.3 Å². The van der Waals surface area contributed by atoms with Crippen molar-refractivity contribution < 1.29 is 14.3 Å². The molecular formula is C19H21NO3. The van der Waals surface area contributed by atoms with Crippen molar-refractivity contribution in [2.24, 2.45) is 0 Å². The molecule has 1 aliphatic heterocycles. The quantitative estimate of drug-likeness (QED) is 0.845. The van der Waals surface area contributed by atoms with Crippen LogP contribution in [0.3, 0.4) is 0 Å². The summed E-state index contributed by atoms with van der Waals surface area (Å²) in [6, 6.07) is 15.7. The number of hydrogen-bond acceptors (Lipinski definition) is 4. The molecule has 0 saturated carbocycles. The number of Topliss-reactive ketones (excluding diaryl/α,β-unsaturated/α-hetero) is 1. The SMILES string of the molecule is COc1ccccc1Oc1cccc(CN2CCC(=O)CC2)c1. The number of ketones is 1. The molecule has 4 heteroatoms. The number of methoxy groups -OCH3 is 1. The van der Waals surface area contributed by atoms with E-state index in [0.29, 0.717) is 30.1 Å². The van der Waals surface area contributed by atoms with Gasteiger partial charge in [0.05, 0.1) is 7.11 Å². The Morgan fingerprint density at radius 3 is 2.48 bits per heavy atom. The average molecular weight is 311 g/mol. The first-order valence-corrected chi connectivity index (χ1v) is 7.88. The monoisotopic (exact) mass is 311 g/mol. The van der Waals surface area contributed by atoms with Gasteiger partial charge in [0.1, 0.15) is 11.5 Å². The van der Waals surface area contributed by atoms with E-state index in [1.807, 2.05) is 42.5 Å². The van der Waals surface area contributed by atoms with Gasteiger partial charge in [-0.2, -0.15) is 0 Å². The zero-order chi connectivity index (χ0) is 16.1. The smallest absolute Gasteiger partial charge is 0.169 e. The highest BCUT2D eigenvalue weighted by molar-refractivity contribution is 5.79. The Morgan fingerprint density at radius 1 is 1.00 bits per heavy atom. The zero-order valence-electron chi connectivity index (χ0n) is 13.3. The fourth-order valence-corrected chi connectivity index (χ4v) is 2.76. The Labute approximate surface area is 136 Å². The first kappa shape index (κ1) is 15.6. The number of carbonyl (C=O) groups is 1. The maximum absolute atomic E-state index is 11.3. The molecule has 23 heavy (non-hydrogen) atoms. The number of rotatable bonds is 5. The number of benzene rings is 2. The van der Waals surface area contributed by atoms with Gasteiger partial charge < -0.3 is 9.47 Å². The Hall–Kier alpha value is -2.33. The van der Waals surface area contributed by atoms with Crippen LogP contribution in [0.2, 0.25) is 0 Å². The van der Waals surface area contributed by atoms with Crippen LogP contribution in [0.5, 0.6) is 17.2 Å². The van der Waals surface area contributed by atoms with Crippen LogP contribution in [0.4, 0.5) is 0 Å². The molecule has 1 heterocycles. The van der Waals surface area contributed by atoms with E-state index in [9.17, 15) is 4.79 Å². The van der Waals surface area contributed by atoms with E-state index in [2.05, 4.69) is 11.0 Å². The molecule has 0 bridgehead atoms. The zero-order valence-corrected chi connectivity index (χ0v) is 13.3. The molecule has 4 nitrogen and oxygen atoms in total.